The highest BCUT2D eigenvalue weighted by Gasteiger charge is 2.12. The third-order valence-corrected chi connectivity index (χ3v) is 2.54. The number of carbonyl (C=O) groups is 1. The molecule has 1 aromatic rings. The molecule has 1 amide bonds. The summed E-state index contributed by atoms with van der Waals surface area (Å²) >= 11 is 1.37. The molecular formula is C9H13NO3S. The van der Waals surface area contributed by atoms with Crippen molar-refractivity contribution in [3.63, 3.8) is 0 Å². The highest BCUT2D eigenvalue weighted by molar-refractivity contribution is 7.12. The van der Waals surface area contributed by atoms with E-state index in [-0.39, 0.29) is 18.6 Å². The van der Waals surface area contributed by atoms with Gasteiger partial charge in [-0.2, -0.15) is 0 Å². The Kier molecular flexibility index (Phi) is 4.58. The maximum atomic E-state index is 11.5. The first-order chi connectivity index (χ1) is 6.77. The van der Waals surface area contributed by atoms with Gasteiger partial charge in [0.1, 0.15) is 0 Å². The van der Waals surface area contributed by atoms with Crippen LogP contribution >= 0.6 is 11.3 Å². The van der Waals surface area contributed by atoms with Crippen molar-refractivity contribution in [2.24, 2.45) is 0 Å². The Bertz CT molecular complexity index is 274. The summed E-state index contributed by atoms with van der Waals surface area (Å²) in [6, 6.07) is 3.21. The van der Waals surface area contributed by atoms with E-state index in [0.29, 0.717) is 11.5 Å². The first-order valence-electron chi connectivity index (χ1n) is 4.22. The monoisotopic (exact) mass is 215 g/mol. The molecule has 0 spiro atoms. The van der Waals surface area contributed by atoms with Gasteiger partial charge in [-0.15, -0.1) is 11.3 Å². The van der Waals surface area contributed by atoms with Crippen LogP contribution in [0.15, 0.2) is 17.5 Å². The third kappa shape index (κ3) is 3.10. The molecule has 5 heteroatoms. The molecule has 0 aliphatic carbocycles. The summed E-state index contributed by atoms with van der Waals surface area (Å²) in [6.07, 6.45) is 0. The van der Waals surface area contributed by atoms with Gasteiger partial charge in [-0.05, 0) is 11.4 Å². The molecule has 78 valence electrons. The molecule has 1 rings (SSSR count). The first kappa shape index (κ1) is 11.2. The Labute approximate surface area is 86.5 Å². The summed E-state index contributed by atoms with van der Waals surface area (Å²) in [5, 5.41) is 13.4. The lowest BCUT2D eigenvalue weighted by atomic mass is 10.3. The molecule has 14 heavy (non-hydrogen) atoms. The molecule has 0 saturated heterocycles. The van der Waals surface area contributed by atoms with Crippen LogP contribution in [-0.2, 0) is 4.74 Å². The number of amides is 1. The lowest BCUT2D eigenvalue weighted by molar-refractivity contribution is 0.0843. The molecule has 0 aromatic carbocycles. The van der Waals surface area contributed by atoms with Crippen LogP contribution < -0.4 is 5.32 Å². The zero-order valence-corrected chi connectivity index (χ0v) is 8.71. The van der Waals surface area contributed by atoms with Gasteiger partial charge < -0.3 is 15.2 Å². The summed E-state index contributed by atoms with van der Waals surface area (Å²) < 4.78 is 4.84. The standard InChI is InChI=1S/C9H13NO3S/c1-13-6-7(5-11)10-9(12)8-3-2-4-14-8/h2-4,7,11H,5-6H2,1H3,(H,10,12). The van der Waals surface area contributed by atoms with E-state index in [1.54, 1.807) is 6.07 Å². The van der Waals surface area contributed by atoms with E-state index in [2.05, 4.69) is 5.32 Å². The highest BCUT2D eigenvalue weighted by atomic mass is 32.1. The van der Waals surface area contributed by atoms with Gasteiger partial charge in [-0.1, -0.05) is 6.07 Å². The topological polar surface area (TPSA) is 58.6 Å². The second-order valence-corrected chi connectivity index (χ2v) is 3.73. The molecular weight excluding hydrogens is 202 g/mol. The third-order valence-electron chi connectivity index (χ3n) is 1.67. The lowest BCUT2D eigenvalue weighted by Gasteiger charge is -2.14. The predicted octanol–water partition coefficient (Wildman–Crippen LogP) is 0.485. The van der Waals surface area contributed by atoms with Gasteiger partial charge in [0, 0.05) is 7.11 Å². The number of ether oxygens (including phenoxy) is 1. The van der Waals surface area contributed by atoms with Crippen molar-refractivity contribution in [3.8, 4) is 0 Å². The van der Waals surface area contributed by atoms with Crippen LogP contribution in [-0.4, -0.2) is 37.4 Å². The molecule has 1 unspecified atom stereocenters. The summed E-state index contributed by atoms with van der Waals surface area (Å²) in [5.74, 6) is -0.170. The van der Waals surface area contributed by atoms with Crippen LogP contribution in [0.3, 0.4) is 0 Å². The number of nitrogens with one attached hydrogen (secondary N) is 1. The maximum Gasteiger partial charge on any atom is 0.261 e. The molecule has 1 heterocycles. The van der Waals surface area contributed by atoms with Crippen LogP contribution in [0.1, 0.15) is 9.67 Å². The molecule has 0 aliphatic heterocycles. The largest absolute Gasteiger partial charge is 0.394 e. The summed E-state index contributed by atoms with van der Waals surface area (Å²) in [5.41, 5.74) is 0. The fourth-order valence-corrected chi connectivity index (χ4v) is 1.63. The van der Waals surface area contributed by atoms with Crippen LogP contribution in [0.5, 0.6) is 0 Å². The number of aliphatic hydroxyl groups excluding tert-OH is 1. The van der Waals surface area contributed by atoms with E-state index in [0.717, 1.165) is 0 Å². The molecule has 4 nitrogen and oxygen atoms in total. The van der Waals surface area contributed by atoms with Crippen LogP contribution in [0.25, 0.3) is 0 Å². The Hall–Kier alpha value is -0.910. The molecule has 2 N–H and O–H groups in total. The summed E-state index contributed by atoms with van der Waals surface area (Å²) in [7, 11) is 1.53. The highest BCUT2D eigenvalue weighted by Crippen LogP contribution is 2.07. The van der Waals surface area contributed by atoms with E-state index in [1.807, 2.05) is 11.4 Å². The molecule has 0 radical (unpaired) electrons. The average Bonchev–Trinajstić information content (AvgIpc) is 2.69. The van der Waals surface area contributed by atoms with Crippen molar-refractivity contribution in [1.82, 2.24) is 5.32 Å². The maximum absolute atomic E-state index is 11.5. The number of aliphatic hydroxyl groups is 1. The fraction of sp³-hybridized carbons (Fsp3) is 0.444. The van der Waals surface area contributed by atoms with Gasteiger partial charge in [0.25, 0.3) is 5.91 Å². The predicted molar refractivity (Wildman–Crippen MR) is 54.5 cm³/mol. The average molecular weight is 215 g/mol. The van der Waals surface area contributed by atoms with Crippen molar-refractivity contribution < 1.29 is 14.6 Å². The van der Waals surface area contributed by atoms with E-state index >= 15 is 0 Å². The minimum Gasteiger partial charge on any atom is -0.394 e. The molecule has 1 atom stereocenters. The van der Waals surface area contributed by atoms with Crippen LogP contribution in [0.2, 0.25) is 0 Å². The van der Waals surface area contributed by atoms with Gasteiger partial charge in [-0.25, -0.2) is 0 Å². The van der Waals surface area contributed by atoms with Crippen molar-refractivity contribution >= 4 is 17.2 Å². The SMILES string of the molecule is COCC(CO)NC(=O)c1cccs1. The summed E-state index contributed by atoms with van der Waals surface area (Å²) in [6.45, 7) is 0.193. The first-order valence-corrected chi connectivity index (χ1v) is 5.10. The minimum absolute atomic E-state index is 0.120. The van der Waals surface area contributed by atoms with Crippen molar-refractivity contribution in [2.45, 2.75) is 6.04 Å². The van der Waals surface area contributed by atoms with Crippen molar-refractivity contribution in [3.05, 3.63) is 22.4 Å². The van der Waals surface area contributed by atoms with Crippen LogP contribution in [0, 0.1) is 0 Å². The van der Waals surface area contributed by atoms with Gasteiger partial charge in [0.15, 0.2) is 0 Å². The Morgan fingerprint density at radius 3 is 3.07 bits per heavy atom. The number of thiophene rings is 1. The van der Waals surface area contributed by atoms with Gasteiger partial charge >= 0.3 is 0 Å². The Balaban J connectivity index is 2.47. The normalized spacial score (nSPS) is 12.4. The van der Waals surface area contributed by atoms with Gasteiger partial charge in [0.05, 0.1) is 24.1 Å². The van der Waals surface area contributed by atoms with E-state index in [4.69, 9.17) is 9.84 Å². The smallest absolute Gasteiger partial charge is 0.261 e. The minimum atomic E-state index is -0.338. The van der Waals surface area contributed by atoms with Crippen molar-refractivity contribution in [1.29, 1.82) is 0 Å². The zero-order valence-electron chi connectivity index (χ0n) is 7.90. The lowest BCUT2D eigenvalue weighted by Crippen LogP contribution is -2.40. The molecule has 0 saturated carbocycles. The molecule has 0 bridgehead atoms. The molecule has 0 aliphatic rings. The van der Waals surface area contributed by atoms with Crippen molar-refractivity contribution in [2.75, 3.05) is 20.3 Å². The van der Waals surface area contributed by atoms with E-state index in [9.17, 15) is 4.79 Å². The van der Waals surface area contributed by atoms with Crippen LogP contribution in [0.4, 0.5) is 0 Å². The summed E-state index contributed by atoms with van der Waals surface area (Å²) in [4.78, 5) is 12.1. The van der Waals surface area contributed by atoms with Gasteiger partial charge in [0.2, 0.25) is 0 Å². The zero-order chi connectivity index (χ0) is 10.4. The quantitative estimate of drug-likeness (QED) is 0.751. The Morgan fingerprint density at radius 2 is 2.57 bits per heavy atom. The van der Waals surface area contributed by atoms with E-state index < -0.39 is 0 Å². The second-order valence-electron chi connectivity index (χ2n) is 2.79. The van der Waals surface area contributed by atoms with E-state index in [1.165, 1.54) is 18.4 Å². The number of rotatable bonds is 5. The number of hydrogen-bond donors (Lipinski definition) is 2. The van der Waals surface area contributed by atoms with Gasteiger partial charge in [-0.3, -0.25) is 4.79 Å². The second kappa shape index (κ2) is 5.74. The number of hydrogen-bond acceptors (Lipinski definition) is 4. The number of methoxy groups -OCH3 is 1. The Morgan fingerprint density at radius 1 is 1.79 bits per heavy atom. The number of carbonyl (C=O) groups excluding carboxylic acids is 1. The molecule has 0 fully saturated rings. The fourth-order valence-electron chi connectivity index (χ4n) is 1.01. The molecule has 1 aromatic heterocycles.